The molecule has 106 valence electrons. The molecule has 4 heteroatoms. The van der Waals surface area contributed by atoms with E-state index in [1.54, 1.807) is 11.8 Å². The lowest BCUT2D eigenvalue weighted by Crippen LogP contribution is -1.93. The molecule has 0 saturated carbocycles. The zero-order valence-corrected chi connectivity index (χ0v) is 11.9. The van der Waals surface area contributed by atoms with Crippen molar-refractivity contribution in [2.75, 3.05) is 7.11 Å². The second kappa shape index (κ2) is 6.22. The minimum Gasteiger partial charge on any atom is -0.497 e. The summed E-state index contributed by atoms with van der Waals surface area (Å²) in [5.41, 5.74) is 3.25. The van der Waals surface area contributed by atoms with Gasteiger partial charge in [0.2, 0.25) is 0 Å². The summed E-state index contributed by atoms with van der Waals surface area (Å²) in [6, 6.07) is 18.1. The maximum atomic E-state index is 5.24. The number of methoxy groups -OCH3 is 1. The van der Waals surface area contributed by atoms with Gasteiger partial charge >= 0.3 is 0 Å². The number of ether oxygens (including phenoxy) is 1. The summed E-state index contributed by atoms with van der Waals surface area (Å²) in [7, 11) is 1.69. The predicted octanol–water partition coefficient (Wildman–Crippen LogP) is 3.06. The lowest BCUT2D eigenvalue weighted by molar-refractivity contribution is 0.414. The Hall–Kier alpha value is -2.62. The number of nitrogens with zero attached hydrogens (tertiary/aromatic N) is 3. The number of rotatable bonds is 5. The topological polar surface area (TPSA) is 39.9 Å². The van der Waals surface area contributed by atoms with Crippen LogP contribution in [-0.4, -0.2) is 22.1 Å². The van der Waals surface area contributed by atoms with Gasteiger partial charge in [0.25, 0.3) is 0 Å². The van der Waals surface area contributed by atoms with Gasteiger partial charge in [-0.05, 0) is 42.7 Å². The number of hydrogen-bond donors (Lipinski definition) is 0. The molecule has 1 heterocycles. The summed E-state index contributed by atoms with van der Waals surface area (Å²) in [6.07, 6.45) is 3.76. The first-order valence-electron chi connectivity index (χ1n) is 6.95. The maximum absolute atomic E-state index is 5.24. The van der Waals surface area contributed by atoms with Crippen molar-refractivity contribution >= 4 is 0 Å². The van der Waals surface area contributed by atoms with Crippen molar-refractivity contribution in [3.05, 3.63) is 72.1 Å². The molecule has 0 bridgehead atoms. The lowest BCUT2D eigenvalue weighted by atomic mass is 10.1. The lowest BCUT2D eigenvalue weighted by Gasteiger charge is -2.03. The number of benzene rings is 2. The Morgan fingerprint density at radius 2 is 1.86 bits per heavy atom. The van der Waals surface area contributed by atoms with Crippen LogP contribution in [0, 0.1) is 0 Å². The number of hydrogen-bond acceptors (Lipinski definition) is 3. The molecular weight excluding hydrogens is 262 g/mol. The Morgan fingerprint density at radius 3 is 2.67 bits per heavy atom. The first-order valence-corrected chi connectivity index (χ1v) is 6.95. The van der Waals surface area contributed by atoms with Crippen LogP contribution in [0.5, 0.6) is 5.75 Å². The van der Waals surface area contributed by atoms with Gasteiger partial charge in [-0.25, -0.2) is 4.68 Å². The first-order chi connectivity index (χ1) is 10.3. The average molecular weight is 279 g/mol. The highest BCUT2D eigenvalue weighted by atomic mass is 16.5. The van der Waals surface area contributed by atoms with Gasteiger partial charge in [-0.15, -0.1) is 5.10 Å². The molecule has 0 aliphatic rings. The molecule has 0 spiro atoms. The Kier molecular flexibility index (Phi) is 3.96. The third-order valence-corrected chi connectivity index (χ3v) is 3.37. The van der Waals surface area contributed by atoms with Gasteiger partial charge < -0.3 is 4.74 Å². The van der Waals surface area contributed by atoms with Gasteiger partial charge in [0.05, 0.1) is 24.7 Å². The molecule has 0 unspecified atom stereocenters. The molecule has 3 rings (SSSR count). The van der Waals surface area contributed by atoms with E-state index < -0.39 is 0 Å². The Labute approximate surface area is 124 Å². The monoisotopic (exact) mass is 279 g/mol. The first kappa shape index (κ1) is 13.4. The number of aryl methyl sites for hydroxylation is 2. The van der Waals surface area contributed by atoms with Crippen molar-refractivity contribution in [2.24, 2.45) is 0 Å². The molecule has 0 aliphatic carbocycles. The van der Waals surface area contributed by atoms with E-state index in [0.29, 0.717) is 0 Å². The van der Waals surface area contributed by atoms with E-state index in [1.165, 1.54) is 5.56 Å². The van der Waals surface area contributed by atoms with Crippen LogP contribution in [-0.2, 0) is 12.8 Å². The molecule has 0 atom stereocenters. The van der Waals surface area contributed by atoms with E-state index in [9.17, 15) is 0 Å². The molecule has 0 saturated heterocycles. The summed E-state index contributed by atoms with van der Waals surface area (Å²) in [6.45, 7) is 0. The summed E-state index contributed by atoms with van der Waals surface area (Å²) < 4.78 is 7.04. The molecule has 2 aromatic carbocycles. The van der Waals surface area contributed by atoms with Gasteiger partial charge in [0, 0.05) is 0 Å². The highest BCUT2D eigenvalue weighted by molar-refractivity contribution is 5.31. The fourth-order valence-corrected chi connectivity index (χ4v) is 2.22. The molecule has 21 heavy (non-hydrogen) atoms. The highest BCUT2D eigenvalue weighted by Crippen LogP contribution is 2.14. The fourth-order valence-electron chi connectivity index (χ4n) is 2.22. The van der Waals surface area contributed by atoms with Crippen molar-refractivity contribution < 1.29 is 4.74 Å². The molecular formula is C17H17N3O. The van der Waals surface area contributed by atoms with Gasteiger partial charge in [0.15, 0.2) is 0 Å². The summed E-state index contributed by atoms with van der Waals surface area (Å²) in [4.78, 5) is 0. The van der Waals surface area contributed by atoms with Crippen LogP contribution in [0.25, 0.3) is 5.69 Å². The van der Waals surface area contributed by atoms with Crippen LogP contribution in [0.1, 0.15) is 11.3 Å². The minimum absolute atomic E-state index is 0.861. The Bertz CT molecular complexity index is 707. The van der Waals surface area contributed by atoms with Gasteiger partial charge in [0.1, 0.15) is 5.75 Å². The Morgan fingerprint density at radius 1 is 1.00 bits per heavy atom. The summed E-state index contributed by atoms with van der Waals surface area (Å²) in [5.74, 6) is 0.889. The SMILES string of the molecule is COc1cccc(CCc2cn(-c3ccccc3)nn2)c1. The molecule has 0 radical (unpaired) electrons. The molecule has 0 aliphatic heterocycles. The van der Waals surface area contributed by atoms with Crippen molar-refractivity contribution in [3.63, 3.8) is 0 Å². The van der Waals surface area contributed by atoms with Crippen molar-refractivity contribution in [1.29, 1.82) is 0 Å². The van der Waals surface area contributed by atoms with Crippen LogP contribution in [0.3, 0.4) is 0 Å². The van der Waals surface area contributed by atoms with E-state index in [4.69, 9.17) is 4.74 Å². The smallest absolute Gasteiger partial charge is 0.119 e. The Balaban J connectivity index is 1.67. The van der Waals surface area contributed by atoms with Crippen LogP contribution in [0.15, 0.2) is 60.8 Å². The van der Waals surface area contributed by atoms with Gasteiger partial charge in [-0.3, -0.25) is 0 Å². The van der Waals surface area contributed by atoms with Crippen molar-refractivity contribution in [2.45, 2.75) is 12.8 Å². The van der Waals surface area contributed by atoms with E-state index in [2.05, 4.69) is 22.4 Å². The van der Waals surface area contributed by atoms with E-state index in [0.717, 1.165) is 30.0 Å². The molecule has 4 nitrogen and oxygen atoms in total. The second-order valence-corrected chi connectivity index (χ2v) is 4.84. The zero-order valence-electron chi connectivity index (χ0n) is 11.9. The molecule has 3 aromatic rings. The maximum Gasteiger partial charge on any atom is 0.119 e. The van der Waals surface area contributed by atoms with Crippen LogP contribution < -0.4 is 4.74 Å². The van der Waals surface area contributed by atoms with Crippen molar-refractivity contribution in [3.8, 4) is 11.4 Å². The molecule has 0 amide bonds. The van der Waals surface area contributed by atoms with Crippen molar-refractivity contribution in [1.82, 2.24) is 15.0 Å². The fraction of sp³-hybridized carbons (Fsp3) is 0.176. The molecule has 0 N–H and O–H groups in total. The number of para-hydroxylation sites is 1. The second-order valence-electron chi connectivity index (χ2n) is 4.84. The van der Waals surface area contributed by atoms with Crippen LogP contribution in [0.2, 0.25) is 0 Å². The largest absolute Gasteiger partial charge is 0.497 e. The van der Waals surface area contributed by atoms with E-state index in [1.807, 2.05) is 48.7 Å². The third kappa shape index (κ3) is 3.28. The predicted molar refractivity (Wildman–Crippen MR) is 81.8 cm³/mol. The average Bonchev–Trinajstić information content (AvgIpc) is 3.03. The summed E-state index contributed by atoms with van der Waals surface area (Å²) in [5, 5.41) is 8.41. The van der Waals surface area contributed by atoms with E-state index in [-0.39, 0.29) is 0 Å². The highest BCUT2D eigenvalue weighted by Gasteiger charge is 2.03. The van der Waals surface area contributed by atoms with E-state index >= 15 is 0 Å². The third-order valence-electron chi connectivity index (χ3n) is 3.37. The van der Waals surface area contributed by atoms with Crippen LogP contribution >= 0.6 is 0 Å². The quantitative estimate of drug-likeness (QED) is 0.720. The van der Waals surface area contributed by atoms with Gasteiger partial charge in [-0.1, -0.05) is 35.5 Å². The minimum atomic E-state index is 0.861. The molecule has 0 fully saturated rings. The number of aromatic nitrogens is 3. The normalized spacial score (nSPS) is 10.5. The van der Waals surface area contributed by atoms with Crippen LogP contribution in [0.4, 0.5) is 0 Å². The zero-order chi connectivity index (χ0) is 14.5. The summed E-state index contributed by atoms with van der Waals surface area (Å²) >= 11 is 0. The standard InChI is InChI=1S/C17H17N3O/c1-21-17-9-5-6-14(12-17)10-11-15-13-20(19-18-15)16-7-3-2-4-8-16/h2-9,12-13H,10-11H2,1H3. The molecule has 1 aromatic heterocycles. The van der Waals surface area contributed by atoms with Gasteiger partial charge in [-0.2, -0.15) is 0 Å².